The van der Waals surface area contributed by atoms with Crippen molar-refractivity contribution in [2.45, 2.75) is 33.7 Å². The van der Waals surface area contributed by atoms with Crippen LogP contribution >= 0.6 is 37.2 Å². The Morgan fingerprint density at radius 3 is 2.10 bits per heavy atom. The molecule has 2 aromatic carbocycles. The Morgan fingerprint density at radius 2 is 1.50 bits per heavy atom. The highest BCUT2D eigenvalue weighted by atomic mass is 35.5. The molecule has 4 rings (SSSR count). The Bertz CT molecular complexity index is 1490. The molecule has 1 aliphatic rings. The number of benzene rings is 2. The van der Waals surface area contributed by atoms with Crippen LogP contribution < -0.4 is 19.4 Å². The van der Waals surface area contributed by atoms with Crippen LogP contribution in [0, 0.1) is 5.41 Å². The van der Waals surface area contributed by atoms with Crippen LogP contribution in [0.1, 0.15) is 43.1 Å². The largest absolute Gasteiger partial charge is 0.493 e. The van der Waals surface area contributed by atoms with Crippen molar-refractivity contribution in [3.63, 3.8) is 0 Å². The number of pyridine rings is 1. The molecule has 1 aromatic heterocycles. The van der Waals surface area contributed by atoms with Crippen LogP contribution in [0.25, 0.3) is 0 Å². The second-order valence-corrected chi connectivity index (χ2v) is 12.2. The zero-order chi connectivity index (χ0) is 32.7. The molecule has 0 atom stereocenters. The van der Waals surface area contributed by atoms with E-state index in [1.807, 2.05) is 87.6 Å². The average molecular weight is 724 g/mol. The van der Waals surface area contributed by atoms with Crippen LogP contribution in [0.5, 0.6) is 5.75 Å². The minimum Gasteiger partial charge on any atom is -0.493 e. The Labute approximate surface area is 303 Å². The molecule has 0 aliphatic carbocycles. The molecule has 3 aromatic rings. The number of anilines is 3. The predicted molar refractivity (Wildman–Crippen MR) is 201 cm³/mol. The standard InChI is InChI=1S/C35H46N6O4.3ClH/c1-8-41-30-15-14-29(24-31(30)39(7)33(43)35(2,3)34(41)44)45-23-9-20-40(25-26-16-18-36-19-17-26)22-21-38(6)32(42)27-10-12-28(13-11-27)37(4)5;;;/h10-19,24H,8-9,20-23,25H2,1-7H3;3*1H. The number of ether oxygens (including phenoxy) is 1. The van der Waals surface area contributed by atoms with Gasteiger partial charge in [-0.25, -0.2) is 0 Å². The number of halogens is 3. The summed E-state index contributed by atoms with van der Waals surface area (Å²) in [6, 6.07) is 17.2. The molecular formula is C35H49Cl3N6O4. The van der Waals surface area contributed by atoms with Crippen molar-refractivity contribution in [1.82, 2.24) is 14.8 Å². The summed E-state index contributed by atoms with van der Waals surface area (Å²) in [5.74, 6) is 0.176. The highest BCUT2D eigenvalue weighted by Gasteiger charge is 2.45. The number of likely N-dealkylation sites (N-methyl/N-ethyl adjacent to an activating group) is 1. The fourth-order valence-electron chi connectivity index (χ4n) is 5.48. The minimum atomic E-state index is -1.15. The van der Waals surface area contributed by atoms with Gasteiger partial charge in [-0.2, -0.15) is 0 Å². The van der Waals surface area contributed by atoms with Crippen LogP contribution in [0.15, 0.2) is 67.0 Å². The molecule has 13 heteroatoms. The molecule has 0 saturated carbocycles. The lowest BCUT2D eigenvalue weighted by atomic mass is 9.90. The number of fused-ring (bicyclic) bond motifs is 1. The summed E-state index contributed by atoms with van der Waals surface area (Å²) in [6.45, 7) is 8.96. The Kier molecular flexibility index (Phi) is 16.7. The third kappa shape index (κ3) is 9.98. The Hall–Kier alpha value is -3.57. The van der Waals surface area contributed by atoms with Gasteiger partial charge in [-0.05, 0) is 81.3 Å². The molecule has 0 saturated heterocycles. The number of aromatic nitrogens is 1. The molecule has 10 nitrogen and oxygen atoms in total. The number of carbonyl (C=O) groups is 3. The first-order chi connectivity index (χ1) is 21.4. The summed E-state index contributed by atoms with van der Waals surface area (Å²) in [5, 5.41) is 0. The number of hydrogen-bond acceptors (Lipinski definition) is 7. The fraction of sp³-hybridized carbons (Fsp3) is 0.429. The van der Waals surface area contributed by atoms with Crippen molar-refractivity contribution < 1.29 is 19.1 Å². The van der Waals surface area contributed by atoms with Gasteiger partial charge in [0.2, 0.25) is 11.8 Å². The van der Waals surface area contributed by atoms with Gasteiger partial charge in [0.1, 0.15) is 11.2 Å². The van der Waals surface area contributed by atoms with E-state index in [-0.39, 0.29) is 54.9 Å². The lowest BCUT2D eigenvalue weighted by Crippen LogP contribution is -2.47. The first-order valence-corrected chi connectivity index (χ1v) is 15.4. The maximum atomic E-state index is 13.2. The van der Waals surface area contributed by atoms with Crippen molar-refractivity contribution in [3.05, 3.63) is 78.1 Å². The van der Waals surface area contributed by atoms with Gasteiger partial charge in [-0.3, -0.25) is 24.3 Å². The first-order valence-electron chi connectivity index (χ1n) is 15.4. The smallest absolute Gasteiger partial charge is 0.253 e. The van der Waals surface area contributed by atoms with Gasteiger partial charge in [0.25, 0.3) is 5.91 Å². The summed E-state index contributed by atoms with van der Waals surface area (Å²) < 4.78 is 6.15. The summed E-state index contributed by atoms with van der Waals surface area (Å²) in [6.07, 6.45) is 4.34. The van der Waals surface area contributed by atoms with Crippen LogP contribution in [0.3, 0.4) is 0 Å². The topological polar surface area (TPSA) is 89.5 Å². The van der Waals surface area contributed by atoms with E-state index < -0.39 is 5.41 Å². The summed E-state index contributed by atoms with van der Waals surface area (Å²) in [4.78, 5) is 52.9. The van der Waals surface area contributed by atoms with E-state index in [0.717, 1.165) is 30.8 Å². The molecule has 48 heavy (non-hydrogen) atoms. The van der Waals surface area contributed by atoms with E-state index in [0.29, 0.717) is 48.9 Å². The molecule has 2 heterocycles. The monoisotopic (exact) mass is 722 g/mol. The predicted octanol–water partition coefficient (Wildman–Crippen LogP) is 5.81. The van der Waals surface area contributed by atoms with Crippen LogP contribution in [-0.4, -0.2) is 93.5 Å². The van der Waals surface area contributed by atoms with E-state index in [2.05, 4.69) is 9.88 Å². The highest BCUT2D eigenvalue weighted by molar-refractivity contribution is 6.20. The zero-order valence-electron chi connectivity index (χ0n) is 28.8. The van der Waals surface area contributed by atoms with E-state index in [1.165, 1.54) is 0 Å². The maximum Gasteiger partial charge on any atom is 0.253 e. The molecule has 0 spiro atoms. The number of hydrogen-bond donors (Lipinski definition) is 0. The second-order valence-electron chi connectivity index (χ2n) is 12.2. The molecule has 0 radical (unpaired) electrons. The van der Waals surface area contributed by atoms with Gasteiger partial charge in [0, 0.05) is 90.6 Å². The van der Waals surface area contributed by atoms with Gasteiger partial charge in [0.05, 0.1) is 18.0 Å². The Morgan fingerprint density at radius 1 is 0.854 bits per heavy atom. The minimum absolute atomic E-state index is 0. The van der Waals surface area contributed by atoms with E-state index >= 15 is 0 Å². The van der Waals surface area contributed by atoms with E-state index in [4.69, 9.17) is 4.74 Å². The molecule has 0 N–H and O–H groups in total. The third-order valence-electron chi connectivity index (χ3n) is 8.31. The van der Waals surface area contributed by atoms with E-state index in [9.17, 15) is 14.4 Å². The van der Waals surface area contributed by atoms with Crippen LogP contribution in [0.2, 0.25) is 0 Å². The van der Waals surface area contributed by atoms with Gasteiger partial charge in [-0.15, -0.1) is 37.2 Å². The van der Waals surface area contributed by atoms with Crippen molar-refractivity contribution in [3.8, 4) is 5.75 Å². The zero-order valence-corrected chi connectivity index (χ0v) is 31.3. The summed E-state index contributed by atoms with van der Waals surface area (Å²) >= 11 is 0. The molecule has 3 amide bonds. The van der Waals surface area contributed by atoms with Gasteiger partial charge in [0.15, 0.2) is 0 Å². The molecule has 1 aliphatic heterocycles. The fourth-order valence-corrected chi connectivity index (χ4v) is 5.48. The second kappa shape index (κ2) is 18.8. The molecule has 0 unspecified atom stereocenters. The van der Waals surface area contributed by atoms with Crippen molar-refractivity contribution >= 4 is 72.0 Å². The number of rotatable bonds is 13. The van der Waals surface area contributed by atoms with Gasteiger partial charge >= 0.3 is 0 Å². The number of nitrogens with zero attached hydrogens (tertiary/aromatic N) is 6. The van der Waals surface area contributed by atoms with Crippen LogP contribution in [-0.2, 0) is 16.1 Å². The molecule has 0 bridgehead atoms. The third-order valence-corrected chi connectivity index (χ3v) is 8.31. The lowest BCUT2D eigenvalue weighted by Gasteiger charge is -2.27. The number of amides is 3. The normalized spacial score (nSPS) is 13.4. The average Bonchev–Trinajstić information content (AvgIpc) is 3.09. The van der Waals surface area contributed by atoms with Crippen molar-refractivity contribution in [2.75, 3.05) is 75.7 Å². The van der Waals surface area contributed by atoms with Gasteiger partial charge < -0.3 is 24.3 Å². The molecular weight excluding hydrogens is 675 g/mol. The first kappa shape index (κ1) is 42.5. The lowest BCUT2D eigenvalue weighted by molar-refractivity contribution is -0.137. The highest BCUT2D eigenvalue weighted by Crippen LogP contribution is 2.40. The van der Waals surface area contributed by atoms with E-state index in [1.54, 1.807) is 48.0 Å². The maximum absolute atomic E-state index is 13.2. The van der Waals surface area contributed by atoms with Crippen LogP contribution in [0.4, 0.5) is 17.1 Å². The van der Waals surface area contributed by atoms with Gasteiger partial charge in [-0.1, -0.05) is 0 Å². The quantitative estimate of drug-likeness (QED) is 0.163. The Balaban J connectivity index is 0.00000384. The number of carbonyl (C=O) groups excluding carboxylic acids is 3. The summed E-state index contributed by atoms with van der Waals surface area (Å²) in [7, 11) is 7.49. The molecule has 0 fully saturated rings. The van der Waals surface area contributed by atoms with Crippen molar-refractivity contribution in [1.29, 1.82) is 0 Å². The SMILES string of the molecule is CCN1C(=O)C(C)(C)C(=O)N(C)c2cc(OCCCN(CCN(C)C(=O)c3ccc(N(C)C)cc3)Cc3ccncc3)ccc21.Cl.Cl.Cl. The summed E-state index contributed by atoms with van der Waals surface area (Å²) in [5.41, 5.74) is 3.07. The van der Waals surface area contributed by atoms with Crippen molar-refractivity contribution in [2.24, 2.45) is 5.41 Å². The molecule has 264 valence electrons.